The summed E-state index contributed by atoms with van der Waals surface area (Å²) in [5, 5.41) is 3.67. The van der Waals surface area contributed by atoms with Crippen molar-refractivity contribution < 1.29 is 4.79 Å². The first kappa shape index (κ1) is 14.9. The van der Waals surface area contributed by atoms with E-state index in [-0.39, 0.29) is 5.91 Å². The average molecular weight is 352 g/mol. The van der Waals surface area contributed by atoms with Gasteiger partial charge in [0.25, 0.3) is 0 Å². The number of amides is 1. The summed E-state index contributed by atoms with van der Waals surface area (Å²) in [6.07, 6.45) is 1.70. The van der Waals surface area contributed by atoms with Crippen LogP contribution in [0, 0.1) is 6.92 Å². The molecule has 0 saturated carbocycles. The zero-order valence-corrected chi connectivity index (χ0v) is 13.3. The van der Waals surface area contributed by atoms with Gasteiger partial charge < -0.3 is 11.1 Å². The molecule has 1 aromatic carbocycles. The van der Waals surface area contributed by atoms with Crippen molar-refractivity contribution in [1.29, 1.82) is 0 Å². The van der Waals surface area contributed by atoms with E-state index in [1.807, 2.05) is 31.2 Å². The minimum Gasteiger partial charge on any atom is -0.399 e. The SMILES string of the molecule is Cc1cc(N)ccc1NC(=O)CSc1ncccc1Br. The van der Waals surface area contributed by atoms with Crippen LogP contribution in [-0.2, 0) is 4.79 Å². The smallest absolute Gasteiger partial charge is 0.234 e. The summed E-state index contributed by atoms with van der Waals surface area (Å²) in [6, 6.07) is 9.15. The molecule has 0 spiro atoms. The van der Waals surface area contributed by atoms with Crippen LogP contribution in [0.1, 0.15) is 5.56 Å². The van der Waals surface area contributed by atoms with Gasteiger partial charge in [0.15, 0.2) is 0 Å². The van der Waals surface area contributed by atoms with Crippen LogP contribution in [-0.4, -0.2) is 16.6 Å². The van der Waals surface area contributed by atoms with Crippen LogP contribution >= 0.6 is 27.7 Å². The summed E-state index contributed by atoms with van der Waals surface area (Å²) in [6.45, 7) is 1.91. The number of nitrogen functional groups attached to an aromatic ring is 1. The fraction of sp³-hybridized carbons (Fsp3) is 0.143. The van der Waals surface area contributed by atoms with Crippen LogP contribution < -0.4 is 11.1 Å². The number of aryl methyl sites for hydroxylation is 1. The molecule has 104 valence electrons. The highest BCUT2D eigenvalue weighted by Gasteiger charge is 2.08. The molecule has 2 rings (SSSR count). The normalized spacial score (nSPS) is 10.3. The number of rotatable bonds is 4. The number of pyridine rings is 1. The van der Waals surface area contributed by atoms with E-state index >= 15 is 0 Å². The van der Waals surface area contributed by atoms with Crippen LogP contribution in [0.2, 0.25) is 0 Å². The lowest BCUT2D eigenvalue weighted by Gasteiger charge is -2.09. The maximum atomic E-state index is 11.9. The average Bonchev–Trinajstić information content (AvgIpc) is 2.41. The number of benzene rings is 1. The molecule has 0 fully saturated rings. The van der Waals surface area contributed by atoms with Gasteiger partial charge >= 0.3 is 0 Å². The maximum absolute atomic E-state index is 11.9. The first-order valence-electron chi connectivity index (χ1n) is 5.95. The first-order valence-corrected chi connectivity index (χ1v) is 7.73. The molecule has 0 aliphatic rings. The van der Waals surface area contributed by atoms with E-state index in [9.17, 15) is 4.79 Å². The van der Waals surface area contributed by atoms with E-state index < -0.39 is 0 Å². The van der Waals surface area contributed by atoms with Crippen molar-refractivity contribution in [3.63, 3.8) is 0 Å². The van der Waals surface area contributed by atoms with Gasteiger partial charge in [0.1, 0.15) is 5.03 Å². The topological polar surface area (TPSA) is 68.0 Å². The summed E-state index contributed by atoms with van der Waals surface area (Å²) in [5.74, 6) is 0.236. The van der Waals surface area contributed by atoms with Gasteiger partial charge in [-0.1, -0.05) is 11.8 Å². The molecule has 0 aliphatic carbocycles. The number of carbonyl (C=O) groups excluding carboxylic acids is 1. The van der Waals surface area contributed by atoms with Crippen molar-refractivity contribution in [2.45, 2.75) is 11.9 Å². The third kappa shape index (κ3) is 3.98. The lowest BCUT2D eigenvalue weighted by molar-refractivity contribution is -0.113. The van der Waals surface area contributed by atoms with Gasteiger partial charge in [-0.05, 0) is 58.7 Å². The lowest BCUT2D eigenvalue weighted by Crippen LogP contribution is -2.15. The number of aromatic nitrogens is 1. The number of anilines is 2. The molecule has 0 saturated heterocycles. The molecular formula is C14H14BrN3OS. The van der Waals surface area contributed by atoms with Crippen molar-refractivity contribution >= 4 is 45.0 Å². The van der Waals surface area contributed by atoms with Gasteiger partial charge in [-0.25, -0.2) is 4.98 Å². The Morgan fingerprint density at radius 1 is 1.45 bits per heavy atom. The Morgan fingerprint density at radius 3 is 2.95 bits per heavy atom. The second-order valence-corrected chi connectivity index (χ2v) is 6.02. The van der Waals surface area contributed by atoms with Crippen LogP contribution in [0.25, 0.3) is 0 Å². The van der Waals surface area contributed by atoms with Crippen LogP contribution in [0.4, 0.5) is 11.4 Å². The van der Waals surface area contributed by atoms with Crippen LogP contribution in [0.3, 0.4) is 0 Å². The third-order valence-electron chi connectivity index (χ3n) is 2.59. The molecule has 0 atom stereocenters. The molecule has 20 heavy (non-hydrogen) atoms. The summed E-state index contributed by atoms with van der Waals surface area (Å²) < 4.78 is 0.890. The van der Waals surface area contributed by atoms with Gasteiger partial charge in [0.05, 0.1) is 5.75 Å². The fourth-order valence-corrected chi connectivity index (χ4v) is 2.90. The Balaban J connectivity index is 1.94. The number of hydrogen-bond acceptors (Lipinski definition) is 4. The number of thioether (sulfide) groups is 1. The molecule has 0 aliphatic heterocycles. The number of nitrogens with one attached hydrogen (secondary N) is 1. The Kier molecular flexibility index (Phi) is 5.03. The molecule has 0 radical (unpaired) electrons. The lowest BCUT2D eigenvalue weighted by atomic mass is 10.2. The summed E-state index contributed by atoms with van der Waals surface area (Å²) in [7, 11) is 0. The van der Waals surface area contributed by atoms with E-state index in [1.54, 1.807) is 12.3 Å². The monoisotopic (exact) mass is 351 g/mol. The number of nitrogens with two attached hydrogens (primary N) is 1. The van der Waals surface area contributed by atoms with Crippen LogP contribution in [0.5, 0.6) is 0 Å². The van der Waals surface area contributed by atoms with E-state index in [0.29, 0.717) is 11.4 Å². The van der Waals surface area contributed by atoms with Gasteiger partial charge in [-0.3, -0.25) is 4.79 Å². The number of hydrogen-bond donors (Lipinski definition) is 2. The van der Waals surface area contributed by atoms with Gasteiger partial charge in [-0.2, -0.15) is 0 Å². The Hall–Kier alpha value is -1.53. The van der Waals surface area contributed by atoms with Crippen molar-refractivity contribution in [1.82, 2.24) is 4.98 Å². The number of nitrogens with zero attached hydrogens (tertiary/aromatic N) is 1. The summed E-state index contributed by atoms with van der Waals surface area (Å²) in [4.78, 5) is 16.1. The Morgan fingerprint density at radius 2 is 2.25 bits per heavy atom. The molecule has 1 aromatic heterocycles. The first-order chi connectivity index (χ1) is 9.56. The predicted octanol–water partition coefficient (Wildman–Crippen LogP) is 3.47. The second kappa shape index (κ2) is 6.76. The quantitative estimate of drug-likeness (QED) is 0.653. The highest BCUT2D eigenvalue weighted by atomic mass is 79.9. The van der Waals surface area contributed by atoms with Gasteiger partial charge in [-0.15, -0.1) is 0 Å². The molecule has 3 N–H and O–H groups in total. The standard InChI is InChI=1S/C14H14BrN3OS/c1-9-7-10(16)4-5-12(9)18-13(19)8-20-14-11(15)3-2-6-17-14/h2-7H,8,16H2,1H3,(H,18,19). The molecule has 0 unspecified atom stereocenters. The van der Waals surface area contributed by atoms with Crippen molar-refractivity contribution in [2.24, 2.45) is 0 Å². The Labute approximate surface area is 130 Å². The molecule has 2 aromatic rings. The zero-order chi connectivity index (χ0) is 14.5. The van der Waals surface area contributed by atoms with E-state index in [1.165, 1.54) is 11.8 Å². The third-order valence-corrected chi connectivity index (χ3v) is 4.50. The largest absolute Gasteiger partial charge is 0.399 e. The molecule has 4 nitrogen and oxygen atoms in total. The van der Waals surface area contributed by atoms with E-state index in [2.05, 4.69) is 26.2 Å². The highest BCUT2D eigenvalue weighted by Crippen LogP contribution is 2.25. The minimum absolute atomic E-state index is 0.0691. The van der Waals surface area contributed by atoms with E-state index in [0.717, 1.165) is 20.7 Å². The molecule has 1 amide bonds. The summed E-state index contributed by atoms with van der Waals surface area (Å²) >= 11 is 4.79. The summed E-state index contributed by atoms with van der Waals surface area (Å²) in [5.41, 5.74) is 8.10. The molecule has 6 heteroatoms. The van der Waals surface area contributed by atoms with Crippen molar-refractivity contribution in [3.05, 3.63) is 46.6 Å². The fourth-order valence-electron chi connectivity index (χ4n) is 1.62. The maximum Gasteiger partial charge on any atom is 0.234 e. The van der Waals surface area contributed by atoms with Crippen LogP contribution in [0.15, 0.2) is 46.0 Å². The number of halogens is 1. The zero-order valence-electron chi connectivity index (χ0n) is 10.9. The molecular weight excluding hydrogens is 338 g/mol. The van der Waals surface area contributed by atoms with Crippen molar-refractivity contribution in [2.75, 3.05) is 16.8 Å². The van der Waals surface area contributed by atoms with Gasteiger partial charge in [0.2, 0.25) is 5.91 Å². The Bertz CT molecular complexity index is 634. The predicted molar refractivity (Wildman–Crippen MR) is 86.9 cm³/mol. The second-order valence-electron chi connectivity index (χ2n) is 4.20. The highest BCUT2D eigenvalue weighted by molar-refractivity contribution is 9.10. The van der Waals surface area contributed by atoms with E-state index in [4.69, 9.17) is 5.73 Å². The molecule has 1 heterocycles. The minimum atomic E-state index is -0.0691. The molecule has 0 bridgehead atoms. The van der Waals surface area contributed by atoms with Gasteiger partial charge in [0, 0.05) is 22.0 Å². The van der Waals surface area contributed by atoms with Crippen molar-refractivity contribution in [3.8, 4) is 0 Å². The number of carbonyl (C=O) groups is 1.